The monoisotopic (exact) mass is 399 g/mol. The molecule has 0 saturated heterocycles. The first-order valence-electron chi connectivity index (χ1n) is 6.88. The van der Waals surface area contributed by atoms with Gasteiger partial charge in [-0.3, -0.25) is 0 Å². The van der Waals surface area contributed by atoms with Crippen LogP contribution in [-0.2, 0) is 0 Å². The minimum absolute atomic E-state index is 0.121. The molecule has 0 radical (unpaired) electrons. The van der Waals surface area contributed by atoms with Crippen molar-refractivity contribution in [3.8, 4) is 22.9 Å². The van der Waals surface area contributed by atoms with E-state index < -0.39 is 0 Å². The lowest BCUT2D eigenvalue weighted by Gasteiger charge is -2.10. The van der Waals surface area contributed by atoms with Crippen LogP contribution in [-0.4, -0.2) is 28.2 Å². The molecular weight excluding hydrogens is 381 g/mol. The third-order valence-electron chi connectivity index (χ3n) is 2.80. The maximum atomic E-state index is 9.75. The molecule has 2 rings (SSSR count). The van der Waals surface area contributed by atoms with Crippen LogP contribution in [0.25, 0.3) is 11.4 Å². The molecule has 0 bridgehead atoms. The molecule has 1 aromatic heterocycles. The topological polar surface area (TPSA) is 67.3 Å². The van der Waals surface area contributed by atoms with Gasteiger partial charge in [-0.25, -0.2) is 9.97 Å². The van der Waals surface area contributed by atoms with Gasteiger partial charge in [0.25, 0.3) is 0 Å². The second kappa shape index (κ2) is 7.44. The van der Waals surface area contributed by atoms with Gasteiger partial charge in [0, 0.05) is 18.3 Å². The van der Waals surface area contributed by atoms with Crippen molar-refractivity contribution in [1.29, 1.82) is 0 Å². The number of halogens is 1. The Bertz CT molecular complexity index is 620. The minimum Gasteiger partial charge on any atom is -0.504 e. The number of nitrogens with one attached hydrogen (secondary N) is 1. The Labute approximate surface area is 137 Å². The van der Waals surface area contributed by atoms with E-state index in [-0.39, 0.29) is 5.75 Å². The molecule has 1 heterocycles. The highest BCUT2D eigenvalue weighted by molar-refractivity contribution is 14.1. The van der Waals surface area contributed by atoms with Crippen molar-refractivity contribution >= 4 is 28.4 Å². The zero-order valence-electron chi connectivity index (χ0n) is 12.1. The van der Waals surface area contributed by atoms with Crippen LogP contribution in [0.3, 0.4) is 0 Å². The molecule has 0 spiro atoms. The summed E-state index contributed by atoms with van der Waals surface area (Å²) in [5.74, 6) is 2.00. The second-order valence-corrected chi connectivity index (χ2v) is 5.59. The molecule has 0 unspecified atom stereocenters. The molecule has 0 aliphatic heterocycles. The van der Waals surface area contributed by atoms with Gasteiger partial charge in [-0.05, 0) is 54.1 Å². The fourth-order valence-electron chi connectivity index (χ4n) is 1.80. The van der Waals surface area contributed by atoms with Crippen molar-refractivity contribution in [2.75, 3.05) is 18.5 Å². The van der Waals surface area contributed by atoms with E-state index in [1.807, 2.05) is 6.92 Å². The molecule has 21 heavy (non-hydrogen) atoms. The first-order chi connectivity index (χ1) is 10.2. The average Bonchev–Trinajstić information content (AvgIpc) is 2.49. The third-order valence-corrected chi connectivity index (χ3v) is 3.59. The molecule has 0 atom stereocenters. The first kappa shape index (κ1) is 15.8. The van der Waals surface area contributed by atoms with Gasteiger partial charge in [0.1, 0.15) is 5.82 Å². The van der Waals surface area contributed by atoms with Crippen molar-refractivity contribution in [2.45, 2.75) is 20.3 Å². The summed E-state index contributed by atoms with van der Waals surface area (Å²) in [7, 11) is 0. The lowest BCUT2D eigenvalue weighted by atomic mass is 10.2. The maximum Gasteiger partial charge on any atom is 0.161 e. The largest absolute Gasteiger partial charge is 0.504 e. The van der Waals surface area contributed by atoms with Crippen molar-refractivity contribution in [3.05, 3.63) is 28.0 Å². The maximum absolute atomic E-state index is 9.75. The number of nitrogens with zero attached hydrogens (tertiary/aromatic N) is 2. The number of aromatic nitrogens is 2. The quantitative estimate of drug-likeness (QED) is 0.726. The van der Waals surface area contributed by atoms with Gasteiger partial charge in [0.15, 0.2) is 17.3 Å². The number of anilines is 1. The fourth-order valence-corrected chi connectivity index (χ4v) is 2.25. The summed E-state index contributed by atoms with van der Waals surface area (Å²) in [6, 6.07) is 5.13. The van der Waals surface area contributed by atoms with E-state index in [0.717, 1.165) is 27.9 Å². The molecule has 0 saturated carbocycles. The molecule has 112 valence electrons. The van der Waals surface area contributed by atoms with Gasteiger partial charge in [0.05, 0.1) is 10.2 Å². The third kappa shape index (κ3) is 3.96. The van der Waals surface area contributed by atoms with Gasteiger partial charge >= 0.3 is 0 Å². The molecule has 0 fully saturated rings. The van der Waals surface area contributed by atoms with Gasteiger partial charge in [0.2, 0.25) is 0 Å². The van der Waals surface area contributed by atoms with Crippen LogP contribution in [0.1, 0.15) is 20.3 Å². The highest BCUT2D eigenvalue weighted by Gasteiger charge is 2.10. The van der Waals surface area contributed by atoms with E-state index in [1.165, 1.54) is 0 Å². The summed E-state index contributed by atoms with van der Waals surface area (Å²) in [5.41, 5.74) is 0.812. The predicted octanol–water partition coefficient (Wildman–Crippen LogP) is 3.67. The van der Waals surface area contributed by atoms with E-state index in [2.05, 4.69) is 44.8 Å². The Kier molecular flexibility index (Phi) is 5.60. The molecule has 6 heteroatoms. The van der Waals surface area contributed by atoms with Crippen LogP contribution >= 0.6 is 22.6 Å². The van der Waals surface area contributed by atoms with E-state index >= 15 is 0 Å². The average molecular weight is 399 g/mol. The summed E-state index contributed by atoms with van der Waals surface area (Å²) >= 11 is 2.21. The summed E-state index contributed by atoms with van der Waals surface area (Å²) in [6.45, 7) is 5.34. The number of hydrogen-bond acceptors (Lipinski definition) is 5. The van der Waals surface area contributed by atoms with Crippen LogP contribution < -0.4 is 10.1 Å². The summed E-state index contributed by atoms with van der Waals surface area (Å²) < 4.78 is 6.38. The zero-order chi connectivity index (χ0) is 15.2. The van der Waals surface area contributed by atoms with Crippen LogP contribution in [0.4, 0.5) is 5.82 Å². The molecule has 2 N–H and O–H groups in total. The normalized spacial score (nSPS) is 10.4. The van der Waals surface area contributed by atoms with Crippen LogP contribution in [0.5, 0.6) is 11.5 Å². The molecule has 1 aromatic carbocycles. The molecule has 0 amide bonds. The number of hydrogen-bond donors (Lipinski definition) is 2. The van der Waals surface area contributed by atoms with Crippen LogP contribution in [0.15, 0.2) is 24.4 Å². The lowest BCUT2D eigenvalue weighted by Crippen LogP contribution is -2.05. The SMILES string of the molecule is CCCNc1nc(-c2ccc(O)c(OCC)c2)ncc1I. The van der Waals surface area contributed by atoms with Gasteiger partial charge in [-0.1, -0.05) is 6.92 Å². The van der Waals surface area contributed by atoms with Crippen molar-refractivity contribution in [1.82, 2.24) is 9.97 Å². The number of benzene rings is 1. The van der Waals surface area contributed by atoms with Crippen LogP contribution in [0.2, 0.25) is 0 Å². The molecule has 0 aliphatic rings. The first-order valence-corrected chi connectivity index (χ1v) is 7.96. The number of phenols is 1. The lowest BCUT2D eigenvalue weighted by molar-refractivity contribution is 0.318. The fraction of sp³-hybridized carbons (Fsp3) is 0.333. The van der Waals surface area contributed by atoms with E-state index in [4.69, 9.17) is 4.74 Å². The van der Waals surface area contributed by atoms with E-state index in [0.29, 0.717) is 18.2 Å². The Morgan fingerprint density at radius 3 is 2.86 bits per heavy atom. The number of rotatable bonds is 6. The summed E-state index contributed by atoms with van der Waals surface area (Å²) in [4.78, 5) is 8.90. The van der Waals surface area contributed by atoms with E-state index in [1.54, 1.807) is 24.4 Å². The number of ether oxygens (including phenoxy) is 1. The van der Waals surface area contributed by atoms with Gasteiger partial charge in [-0.2, -0.15) is 0 Å². The standard InChI is InChI=1S/C15H18IN3O2/c1-3-7-17-15-11(16)9-18-14(19-15)10-5-6-12(20)13(8-10)21-4-2/h5-6,8-9,20H,3-4,7H2,1-2H3,(H,17,18,19). The predicted molar refractivity (Wildman–Crippen MR) is 91.8 cm³/mol. The number of aromatic hydroxyl groups is 1. The Balaban J connectivity index is 2.35. The molecular formula is C15H18IN3O2. The summed E-state index contributed by atoms with van der Waals surface area (Å²) in [5, 5.41) is 13.0. The van der Waals surface area contributed by atoms with Crippen LogP contribution in [0, 0.1) is 3.57 Å². The highest BCUT2D eigenvalue weighted by Crippen LogP contribution is 2.31. The zero-order valence-corrected chi connectivity index (χ0v) is 14.2. The molecule has 2 aromatic rings. The van der Waals surface area contributed by atoms with Gasteiger partial charge < -0.3 is 15.2 Å². The number of phenolic OH excluding ortho intramolecular Hbond substituents is 1. The molecule has 5 nitrogen and oxygen atoms in total. The smallest absolute Gasteiger partial charge is 0.161 e. The summed E-state index contributed by atoms with van der Waals surface area (Å²) in [6.07, 6.45) is 2.82. The minimum atomic E-state index is 0.121. The highest BCUT2D eigenvalue weighted by atomic mass is 127. The van der Waals surface area contributed by atoms with Gasteiger partial charge in [-0.15, -0.1) is 0 Å². The Morgan fingerprint density at radius 1 is 1.33 bits per heavy atom. The Morgan fingerprint density at radius 2 is 2.14 bits per heavy atom. The van der Waals surface area contributed by atoms with Crippen molar-refractivity contribution in [3.63, 3.8) is 0 Å². The molecule has 0 aliphatic carbocycles. The van der Waals surface area contributed by atoms with E-state index in [9.17, 15) is 5.11 Å². The van der Waals surface area contributed by atoms with Crippen molar-refractivity contribution < 1.29 is 9.84 Å². The van der Waals surface area contributed by atoms with Crippen molar-refractivity contribution in [2.24, 2.45) is 0 Å². The Hall–Kier alpha value is -1.57. The second-order valence-electron chi connectivity index (χ2n) is 4.43.